The molecule has 2 aliphatic rings. The van der Waals surface area contributed by atoms with E-state index in [-0.39, 0.29) is 29.9 Å². The van der Waals surface area contributed by atoms with Crippen LogP contribution in [-0.2, 0) is 16.0 Å². The molecule has 1 N–H and O–H groups in total. The third-order valence-electron chi connectivity index (χ3n) is 8.12. The number of fused-ring (bicyclic) bond motifs is 3. The minimum atomic E-state index is -0.953. The molecule has 8 heteroatoms. The first kappa shape index (κ1) is 25.3. The van der Waals surface area contributed by atoms with Gasteiger partial charge in [0.15, 0.2) is 0 Å². The Kier molecular flexibility index (Phi) is 6.94. The fourth-order valence-corrected chi connectivity index (χ4v) is 6.07. The number of carbonyl (C=O) groups is 2. The number of Topliss-reactive ketones (excluding diaryl/α,β-unsaturated/α-hetero) is 1. The van der Waals surface area contributed by atoms with Crippen LogP contribution in [0.25, 0.3) is 11.0 Å². The van der Waals surface area contributed by atoms with Crippen molar-refractivity contribution in [2.24, 2.45) is 5.92 Å². The fraction of sp³-hybridized carbons (Fsp3) is 0.483. The lowest BCUT2D eigenvalue weighted by molar-refractivity contribution is -0.122. The molecule has 1 fully saturated rings. The van der Waals surface area contributed by atoms with Crippen molar-refractivity contribution in [3.8, 4) is 5.75 Å². The number of hydrogen-bond acceptors (Lipinski definition) is 6. The molecule has 2 aromatic carbocycles. The summed E-state index contributed by atoms with van der Waals surface area (Å²) in [5.74, 6) is 1.50. The number of hydrogen-bond donors (Lipinski definition) is 1. The van der Waals surface area contributed by atoms with Crippen LogP contribution in [0.4, 0.5) is 10.5 Å². The Hall–Kier alpha value is -3.39. The van der Waals surface area contributed by atoms with Gasteiger partial charge in [0.25, 0.3) is 0 Å². The van der Waals surface area contributed by atoms with Crippen LogP contribution in [0.1, 0.15) is 75.0 Å². The number of aliphatic hydroxyl groups is 1. The van der Waals surface area contributed by atoms with Crippen LogP contribution in [0.2, 0.25) is 0 Å². The molecule has 0 radical (unpaired) electrons. The molecule has 8 nitrogen and oxygen atoms in total. The predicted molar refractivity (Wildman–Crippen MR) is 141 cm³/mol. The number of carbonyl (C=O) groups excluding carboxylic acids is 2. The van der Waals surface area contributed by atoms with Gasteiger partial charge in [0.2, 0.25) is 0 Å². The largest absolute Gasteiger partial charge is 0.497 e. The lowest BCUT2D eigenvalue weighted by atomic mass is 9.83. The van der Waals surface area contributed by atoms with Crippen molar-refractivity contribution in [1.29, 1.82) is 0 Å². The van der Waals surface area contributed by atoms with E-state index in [1.807, 2.05) is 43.3 Å². The van der Waals surface area contributed by atoms with Gasteiger partial charge in [-0.2, -0.15) is 0 Å². The van der Waals surface area contributed by atoms with E-state index in [2.05, 4.69) is 4.57 Å². The van der Waals surface area contributed by atoms with Crippen molar-refractivity contribution in [2.45, 2.75) is 70.6 Å². The molecule has 1 aliphatic heterocycles. The summed E-state index contributed by atoms with van der Waals surface area (Å²) in [4.78, 5) is 31.7. The van der Waals surface area contributed by atoms with Gasteiger partial charge in [-0.3, -0.25) is 9.69 Å². The molecule has 1 amide bonds. The average Bonchev–Trinajstić information content (AvgIpc) is 3.32. The smallest absolute Gasteiger partial charge is 0.414 e. The van der Waals surface area contributed by atoms with Gasteiger partial charge in [0.1, 0.15) is 23.5 Å². The summed E-state index contributed by atoms with van der Waals surface area (Å²) in [5.41, 5.74) is 4.23. The van der Waals surface area contributed by atoms with Crippen LogP contribution in [0.5, 0.6) is 5.75 Å². The van der Waals surface area contributed by atoms with E-state index < -0.39 is 6.10 Å². The number of benzene rings is 2. The predicted octanol–water partition coefficient (Wildman–Crippen LogP) is 5.35. The number of ether oxygens (including phenoxy) is 2. The Balaban J connectivity index is 1.67. The van der Waals surface area contributed by atoms with Gasteiger partial charge < -0.3 is 19.1 Å². The molecular formula is C29H35N3O5. The molecule has 1 aromatic heterocycles. The first-order valence-electron chi connectivity index (χ1n) is 13.1. The second-order valence-corrected chi connectivity index (χ2v) is 10.3. The minimum absolute atomic E-state index is 0.00970. The number of aryl methyl sites for hydroxylation is 1. The SMILES string of the molecule is COC(=O)N1c2ccc3c(nc([C@H](O)c4ccc(OC)cc4)n3[C@@H]3CCC[C@@H](C(C)=O)C3)c2CC[C@@H]1C. The lowest BCUT2D eigenvalue weighted by Crippen LogP contribution is -2.42. The van der Waals surface area contributed by atoms with E-state index in [0.29, 0.717) is 11.6 Å². The highest BCUT2D eigenvalue weighted by Gasteiger charge is 2.35. The number of methoxy groups -OCH3 is 2. The van der Waals surface area contributed by atoms with E-state index in [1.165, 1.54) is 7.11 Å². The number of imidazole rings is 1. The third-order valence-corrected chi connectivity index (χ3v) is 8.12. The van der Waals surface area contributed by atoms with Crippen molar-refractivity contribution in [1.82, 2.24) is 9.55 Å². The van der Waals surface area contributed by atoms with E-state index >= 15 is 0 Å². The normalized spacial score (nSPS) is 22.4. The van der Waals surface area contributed by atoms with Crippen LogP contribution in [0.15, 0.2) is 36.4 Å². The Labute approximate surface area is 217 Å². The van der Waals surface area contributed by atoms with Crippen molar-refractivity contribution < 1.29 is 24.2 Å². The van der Waals surface area contributed by atoms with Crippen molar-refractivity contribution in [2.75, 3.05) is 19.1 Å². The van der Waals surface area contributed by atoms with Gasteiger partial charge in [0, 0.05) is 23.6 Å². The molecule has 3 aromatic rings. The van der Waals surface area contributed by atoms with Crippen LogP contribution in [0.3, 0.4) is 0 Å². The maximum absolute atomic E-state index is 12.6. The number of anilines is 1. The van der Waals surface area contributed by atoms with E-state index in [1.54, 1.807) is 18.9 Å². The molecular weight excluding hydrogens is 470 g/mol. The quantitative estimate of drug-likeness (QED) is 0.502. The summed E-state index contributed by atoms with van der Waals surface area (Å²) in [6.07, 6.45) is 3.72. The molecule has 1 aliphatic carbocycles. The number of aliphatic hydroxyl groups excluding tert-OH is 1. The van der Waals surface area contributed by atoms with Gasteiger partial charge in [-0.1, -0.05) is 18.6 Å². The second-order valence-electron chi connectivity index (χ2n) is 10.3. The Morgan fingerprint density at radius 3 is 2.51 bits per heavy atom. The number of rotatable bonds is 5. The zero-order valence-electron chi connectivity index (χ0n) is 21.9. The summed E-state index contributed by atoms with van der Waals surface area (Å²) in [6.45, 7) is 3.69. The van der Waals surface area contributed by atoms with Crippen LogP contribution >= 0.6 is 0 Å². The van der Waals surface area contributed by atoms with Crippen molar-refractivity contribution in [3.05, 3.63) is 53.3 Å². The van der Waals surface area contributed by atoms with E-state index in [4.69, 9.17) is 14.5 Å². The number of nitrogens with zero attached hydrogens (tertiary/aromatic N) is 3. The molecule has 5 rings (SSSR count). The summed E-state index contributed by atoms with van der Waals surface area (Å²) >= 11 is 0. The van der Waals surface area contributed by atoms with Crippen LogP contribution in [0, 0.1) is 5.92 Å². The molecule has 196 valence electrons. The Morgan fingerprint density at radius 1 is 1.08 bits per heavy atom. The third kappa shape index (κ3) is 4.48. The van der Waals surface area contributed by atoms with Crippen LogP contribution < -0.4 is 9.64 Å². The molecule has 37 heavy (non-hydrogen) atoms. The number of ketones is 1. The molecule has 2 heterocycles. The van der Waals surface area contributed by atoms with Gasteiger partial charge >= 0.3 is 6.09 Å². The van der Waals surface area contributed by atoms with Gasteiger partial charge in [-0.25, -0.2) is 9.78 Å². The topological polar surface area (TPSA) is 93.9 Å². The maximum atomic E-state index is 12.6. The molecule has 1 saturated carbocycles. The summed E-state index contributed by atoms with van der Waals surface area (Å²) < 4.78 is 12.5. The van der Waals surface area contributed by atoms with E-state index in [9.17, 15) is 14.7 Å². The monoisotopic (exact) mass is 505 g/mol. The Morgan fingerprint density at radius 2 is 1.84 bits per heavy atom. The molecule has 0 saturated heterocycles. The van der Waals surface area contributed by atoms with E-state index in [0.717, 1.165) is 66.4 Å². The Bertz CT molecular complexity index is 1320. The highest BCUT2D eigenvalue weighted by Crippen LogP contribution is 2.42. The standard InChI is InChI=1S/C29H35N3O5/c1-17-8-13-23-24(31(17)29(35)37-4)14-15-25-26(23)30-28(27(34)19-9-11-22(36-3)12-10-19)32(25)21-7-5-6-20(16-21)18(2)33/h9-12,14-15,17,20-21,27,34H,5-8,13,16H2,1-4H3/t17-,20+,21+,27+/m0/s1. The zero-order valence-corrected chi connectivity index (χ0v) is 21.9. The minimum Gasteiger partial charge on any atom is -0.497 e. The van der Waals surface area contributed by atoms with Gasteiger partial charge in [0.05, 0.1) is 30.9 Å². The number of amides is 1. The lowest BCUT2D eigenvalue weighted by Gasteiger charge is -2.34. The zero-order chi connectivity index (χ0) is 26.3. The number of aromatic nitrogens is 2. The second kappa shape index (κ2) is 10.2. The molecule has 4 atom stereocenters. The highest BCUT2D eigenvalue weighted by molar-refractivity contribution is 5.95. The first-order chi connectivity index (χ1) is 17.8. The van der Waals surface area contributed by atoms with Crippen LogP contribution in [-0.4, -0.2) is 46.8 Å². The van der Waals surface area contributed by atoms with Gasteiger partial charge in [-0.15, -0.1) is 0 Å². The molecule has 0 spiro atoms. The average molecular weight is 506 g/mol. The van der Waals surface area contributed by atoms with Crippen molar-refractivity contribution >= 4 is 28.6 Å². The first-order valence-corrected chi connectivity index (χ1v) is 13.1. The molecule has 0 unspecified atom stereocenters. The summed E-state index contributed by atoms with van der Waals surface area (Å²) in [5, 5.41) is 11.6. The van der Waals surface area contributed by atoms with Crippen molar-refractivity contribution in [3.63, 3.8) is 0 Å². The summed E-state index contributed by atoms with van der Waals surface area (Å²) in [7, 11) is 3.01. The van der Waals surface area contributed by atoms with Gasteiger partial charge in [-0.05, 0) is 75.8 Å². The highest BCUT2D eigenvalue weighted by atomic mass is 16.5. The molecule has 0 bridgehead atoms. The summed E-state index contributed by atoms with van der Waals surface area (Å²) in [6, 6.07) is 11.4. The maximum Gasteiger partial charge on any atom is 0.414 e. The fourth-order valence-electron chi connectivity index (χ4n) is 6.07.